The summed E-state index contributed by atoms with van der Waals surface area (Å²) in [5, 5.41) is 0.415. The Balaban J connectivity index is 1.48. The van der Waals surface area contributed by atoms with Crippen LogP contribution in [0.1, 0.15) is 37.3 Å². The molecule has 0 saturated carbocycles. The molecule has 2 heterocycles. The average molecular weight is 577 g/mol. The van der Waals surface area contributed by atoms with Gasteiger partial charge in [-0.15, -0.1) is 0 Å². The van der Waals surface area contributed by atoms with Gasteiger partial charge >= 0.3 is 17.9 Å². The quantitative estimate of drug-likeness (QED) is 0.174. The second-order valence-corrected chi connectivity index (χ2v) is 10.5. The van der Waals surface area contributed by atoms with Gasteiger partial charge in [0.05, 0.1) is 16.7 Å². The zero-order valence-electron chi connectivity index (χ0n) is 21.0. The minimum absolute atomic E-state index is 0.288. The Hall–Kier alpha value is -4.32. The highest BCUT2D eigenvalue weighted by atomic mass is 32.1. The second-order valence-electron chi connectivity index (χ2n) is 8.81. The fraction of sp³-hybridized carbons (Fsp3) is 0.172. The number of aromatic nitrogens is 1. The Morgan fingerprint density at radius 2 is 1.25 bits per heavy atom. The van der Waals surface area contributed by atoms with Crippen LogP contribution in [0.25, 0.3) is 0 Å². The van der Waals surface area contributed by atoms with Gasteiger partial charge in [0, 0.05) is 6.20 Å². The summed E-state index contributed by atoms with van der Waals surface area (Å²) in [5.74, 6) is -1.91. The SMILES string of the molecule is Nc1cn([C@@H]2O[C@H](COC(=O)c3ccccc3)[C@@H](OC(=O)c3ccccc3)[C@H]2OC(=O)c2ccccc2)c(=S)s1. The van der Waals surface area contributed by atoms with Crippen LogP contribution < -0.4 is 5.73 Å². The van der Waals surface area contributed by atoms with Crippen molar-refractivity contribution in [1.82, 2.24) is 4.57 Å². The molecule has 3 aromatic carbocycles. The molecule has 1 aromatic heterocycles. The van der Waals surface area contributed by atoms with E-state index in [2.05, 4.69) is 0 Å². The Morgan fingerprint density at radius 1 is 0.775 bits per heavy atom. The number of hydrogen-bond acceptors (Lipinski definition) is 10. The molecular weight excluding hydrogens is 552 g/mol. The lowest BCUT2D eigenvalue weighted by molar-refractivity contribution is -0.0621. The summed E-state index contributed by atoms with van der Waals surface area (Å²) in [4.78, 5) is 39.0. The molecule has 4 atom stereocenters. The first-order valence-corrected chi connectivity index (χ1v) is 13.5. The van der Waals surface area contributed by atoms with Gasteiger partial charge in [0.2, 0.25) is 0 Å². The topological polar surface area (TPSA) is 119 Å². The van der Waals surface area contributed by atoms with Gasteiger partial charge in [0.15, 0.2) is 22.4 Å². The third-order valence-electron chi connectivity index (χ3n) is 6.14. The van der Waals surface area contributed by atoms with Crippen molar-refractivity contribution in [3.8, 4) is 0 Å². The molecule has 0 spiro atoms. The van der Waals surface area contributed by atoms with E-state index in [4.69, 9.17) is 36.9 Å². The first-order chi connectivity index (χ1) is 19.4. The van der Waals surface area contributed by atoms with Crippen LogP contribution in [0, 0.1) is 3.95 Å². The van der Waals surface area contributed by atoms with Crippen molar-refractivity contribution in [3.63, 3.8) is 0 Å². The molecule has 0 bridgehead atoms. The molecule has 2 N–H and O–H groups in total. The Labute approximate surface area is 238 Å². The molecule has 204 valence electrons. The van der Waals surface area contributed by atoms with E-state index < -0.39 is 42.4 Å². The van der Waals surface area contributed by atoms with Crippen LogP contribution in [0.3, 0.4) is 0 Å². The molecule has 1 aliphatic heterocycles. The number of rotatable bonds is 8. The first kappa shape index (κ1) is 27.3. The number of carbonyl (C=O) groups is 3. The number of hydrogen-bond donors (Lipinski definition) is 1. The predicted octanol–water partition coefficient (Wildman–Crippen LogP) is 5.07. The summed E-state index contributed by atoms with van der Waals surface area (Å²) in [5.41, 5.74) is 6.91. The van der Waals surface area contributed by atoms with E-state index in [0.717, 1.165) is 11.3 Å². The number of esters is 3. The van der Waals surface area contributed by atoms with Gasteiger partial charge in [-0.3, -0.25) is 4.57 Å². The summed E-state index contributed by atoms with van der Waals surface area (Å²) in [7, 11) is 0. The van der Waals surface area contributed by atoms with Gasteiger partial charge in [-0.1, -0.05) is 65.9 Å². The molecular formula is C29H24N2O7S2. The van der Waals surface area contributed by atoms with E-state index in [0.29, 0.717) is 20.1 Å². The lowest BCUT2D eigenvalue weighted by Gasteiger charge is -2.24. The van der Waals surface area contributed by atoms with Crippen LogP contribution in [0.5, 0.6) is 0 Å². The standard InChI is InChI=1S/C29H24N2O7S2/c30-22-16-31(29(39)40-22)25-24(38-28(34)20-14-8-3-9-15-20)23(37-27(33)19-12-6-2-7-13-19)21(36-25)17-35-26(32)18-10-4-1-5-11-18/h1-16,21,23-25H,17,30H2/t21-,23-,24-,25-/m1/s1. The largest absolute Gasteiger partial charge is 0.459 e. The van der Waals surface area contributed by atoms with Gasteiger partial charge < -0.3 is 24.7 Å². The fourth-order valence-corrected chi connectivity index (χ4v) is 5.30. The fourth-order valence-electron chi connectivity index (χ4n) is 4.23. The highest BCUT2D eigenvalue weighted by Gasteiger charge is 2.51. The summed E-state index contributed by atoms with van der Waals surface area (Å²) in [6.07, 6.45) is -2.75. The molecule has 1 saturated heterocycles. The van der Waals surface area contributed by atoms with Crippen LogP contribution in [-0.2, 0) is 18.9 Å². The number of carbonyl (C=O) groups excluding carboxylic acids is 3. The van der Waals surface area contributed by atoms with Crippen molar-refractivity contribution in [2.45, 2.75) is 24.5 Å². The molecule has 0 radical (unpaired) electrons. The Bertz CT molecular complexity index is 1540. The van der Waals surface area contributed by atoms with Gasteiger partial charge in [0.1, 0.15) is 17.7 Å². The van der Waals surface area contributed by atoms with E-state index in [9.17, 15) is 14.4 Å². The zero-order chi connectivity index (χ0) is 28.1. The van der Waals surface area contributed by atoms with Crippen molar-refractivity contribution in [1.29, 1.82) is 0 Å². The molecule has 1 fully saturated rings. The van der Waals surface area contributed by atoms with E-state index >= 15 is 0 Å². The van der Waals surface area contributed by atoms with Crippen LogP contribution in [0.15, 0.2) is 97.2 Å². The molecule has 9 nitrogen and oxygen atoms in total. The van der Waals surface area contributed by atoms with Gasteiger partial charge in [-0.05, 0) is 48.6 Å². The molecule has 0 unspecified atom stereocenters. The third-order valence-corrected chi connectivity index (χ3v) is 7.32. The number of nitrogens with zero attached hydrogens (tertiary/aromatic N) is 1. The molecule has 1 aliphatic rings. The molecule has 11 heteroatoms. The summed E-state index contributed by atoms with van der Waals surface area (Å²) >= 11 is 6.61. The smallest absolute Gasteiger partial charge is 0.338 e. The van der Waals surface area contributed by atoms with E-state index in [-0.39, 0.29) is 12.2 Å². The molecule has 0 aliphatic carbocycles. The number of nitrogens with two attached hydrogens (primary N) is 1. The maximum atomic E-state index is 13.2. The number of anilines is 1. The molecule has 40 heavy (non-hydrogen) atoms. The summed E-state index contributed by atoms with van der Waals surface area (Å²) in [6, 6.07) is 25.2. The maximum Gasteiger partial charge on any atom is 0.338 e. The predicted molar refractivity (Wildman–Crippen MR) is 149 cm³/mol. The normalized spacial score (nSPS) is 20.0. The van der Waals surface area contributed by atoms with Crippen molar-refractivity contribution in [3.05, 3.63) is 118 Å². The maximum absolute atomic E-state index is 13.2. The van der Waals surface area contributed by atoms with Crippen LogP contribution >= 0.6 is 23.6 Å². The van der Waals surface area contributed by atoms with Crippen molar-refractivity contribution in [2.75, 3.05) is 12.3 Å². The highest BCUT2D eigenvalue weighted by Crippen LogP contribution is 2.37. The lowest BCUT2D eigenvalue weighted by atomic mass is 10.1. The summed E-state index contributed by atoms with van der Waals surface area (Å²) < 4.78 is 25.5. The van der Waals surface area contributed by atoms with Crippen molar-refractivity contribution in [2.24, 2.45) is 0 Å². The minimum atomic E-state index is -1.16. The Kier molecular flexibility index (Phi) is 8.34. The van der Waals surface area contributed by atoms with E-state index in [1.54, 1.807) is 102 Å². The summed E-state index contributed by atoms with van der Waals surface area (Å²) in [6.45, 7) is -0.288. The third kappa shape index (κ3) is 6.12. The monoisotopic (exact) mass is 576 g/mol. The van der Waals surface area contributed by atoms with Crippen LogP contribution in [0.2, 0.25) is 0 Å². The number of ether oxygens (including phenoxy) is 4. The number of nitrogen functional groups attached to an aromatic ring is 1. The average Bonchev–Trinajstić information content (AvgIpc) is 3.50. The minimum Gasteiger partial charge on any atom is -0.459 e. The lowest BCUT2D eigenvalue weighted by Crippen LogP contribution is -2.41. The van der Waals surface area contributed by atoms with Crippen LogP contribution in [-0.4, -0.2) is 47.4 Å². The van der Waals surface area contributed by atoms with Crippen LogP contribution in [0.4, 0.5) is 5.00 Å². The zero-order valence-corrected chi connectivity index (χ0v) is 22.6. The second kappa shape index (κ2) is 12.2. The van der Waals surface area contributed by atoms with E-state index in [1.165, 1.54) is 0 Å². The van der Waals surface area contributed by atoms with Crippen molar-refractivity contribution >= 4 is 46.5 Å². The Morgan fingerprint density at radius 3 is 1.73 bits per heavy atom. The van der Waals surface area contributed by atoms with Gasteiger partial charge in [-0.2, -0.15) is 0 Å². The van der Waals surface area contributed by atoms with Gasteiger partial charge in [-0.25, -0.2) is 14.4 Å². The number of benzene rings is 3. The van der Waals surface area contributed by atoms with Gasteiger partial charge in [0.25, 0.3) is 0 Å². The number of thiazole rings is 1. The van der Waals surface area contributed by atoms with Crippen molar-refractivity contribution < 1.29 is 33.3 Å². The molecule has 5 rings (SSSR count). The highest BCUT2D eigenvalue weighted by molar-refractivity contribution is 7.73. The molecule has 4 aromatic rings. The first-order valence-electron chi connectivity index (χ1n) is 12.3. The van der Waals surface area contributed by atoms with E-state index in [1.807, 2.05) is 0 Å². The molecule has 0 amide bonds.